The van der Waals surface area contributed by atoms with Crippen molar-refractivity contribution in [2.75, 3.05) is 18.0 Å². The van der Waals surface area contributed by atoms with Crippen LogP contribution in [0.25, 0.3) is 0 Å². The second kappa shape index (κ2) is 6.00. The molecule has 2 aliphatic rings. The fraction of sp³-hybridized carbons (Fsp3) is 0.294. The minimum Gasteiger partial charge on any atom is -0.491 e. The molecule has 8 heteroatoms. The van der Waals surface area contributed by atoms with Crippen LogP contribution in [0.15, 0.2) is 30.5 Å². The summed E-state index contributed by atoms with van der Waals surface area (Å²) < 4.78 is 0. The number of carbonyl (C=O) groups excluding carboxylic acids is 2. The van der Waals surface area contributed by atoms with E-state index in [1.54, 1.807) is 24.3 Å². The van der Waals surface area contributed by atoms with Crippen LogP contribution in [0.2, 0.25) is 5.02 Å². The summed E-state index contributed by atoms with van der Waals surface area (Å²) in [5, 5.41) is 17.5. The van der Waals surface area contributed by atoms with Crippen LogP contribution in [0, 0.1) is 0 Å². The molecule has 7 nitrogen and oxygen atoms in total. The van der Waals surface area contributed by atoms with Crippen molar-refractivity contribution < 1.29 is 14.7 Å². The zero-order valence-electron chi connectivity index (χ0n) is 13.2. The summed E-state index contributed by atoms with van der Waals surface area (Å²) >= 11 is 6.11. The van der Waals surface area contributed by atoms with Crippen molar-refractivity contribution in [1.29, 1.82) is 0 Å². The van der Waals surface area contributed by atoms with Gasteiger partial charge in [-0.2, -0.15) is 5.10 Å². The van der Waals surface area contributed by atoms with E-state index in [1.807, 2.05) is 4.90 Å². The highest BCUT2D eigenvalue weighted by Gasteiger charge is 2.41. The normalized spacial score (nSPS) is 18.0. The molecule has 1 saturated heterocycles. The second-order valence-corrected chi connectivity index (χ2v) is 6.52. The van der Waals surface area contributed by atoms with E-state index in [1.165, 1.54) is 11.1 Å². The van der Waals surface area contributed by atoms with Crippen LogP contribution in [-0.4, -0.2) is 51.1 Å². The van der Waals surface area contributed by atoms with Crippen LogP contribution in [0.4, 0.5) is 5.69 Å². The number of hydrogen-bond donors (Lipinski definition) is 1. The Balaban J connectivity index is 1.52. The van der Waals surface area contributed by atoms with E-state index < -0.39 is 0 Å². The smallest absolute Gasteiger partial charge is 0.261 e. The van der Waals surface area contributed by atoms with Crippen LogP contribution in [0.5, 0.6) is 5.88 Å². The van der Waals surface area contributed by atoms with Crippen molar-refractivity contribution in [2.24, 2.45) is 0 Å². The van der Waals surface area contributed by atoms with E-state index >= 15 is 0 Å². The number of amides is 2. The SMILES string of the molecule is O=C1c2ccccc2C(=O)N1C1CCN(c2c(Cl)cnnc2O)CC1. The number of rotatable bonds is 2. The molecule has 0 radical (unpaired) electrons. The molecule has 2 aliphatic heterocycles. The number of nitrogens with zero attached hydrogens (tertiary/aromatic N) is 4. The maximum absolute atomic E-state index is 12.6. The number of anilines is 1. The van der Waals surface area contributed by atoms with E-state index in [0.717, 1.165) is 0 Å². The molecule has 3 heterocycles. The minimum absolute atomic E-state index is 0.167. The van der Waals surface area contributed by atoms with Crippen LogP contribution in [0.3, 0.4) is 0 Å². The Hall–Kier alpha value is -2.67. The Morgan fingerprint density at radius 2 is 1.68 bits per heavy atom. The number of aromatic hydroxyl groups is 1. The van der Waals surface area contributed by atoms with Crippen molar-refractivity contribution in [3.05, 3.63) is 46.6 Å². The number of halogens is 1. The van der Waals surface area contributed by atoms with E-state index in [-0.39, 0.29) is 23.7 Å². The molecule has 0 unspecified atom stereocenters. The Labute approximate surface area is 148 Å². The van der Waals surface area contributed by atoms with Crippen molar-refractivity contribution in [2.45, 2.75) is 18.9 Å². The molecule has 2 aromatic rings. The zero-order chi connectivity index (χ0) is 17.6. The van der Waals surface area contributed by atoms with Crippen LogP contribution in [-0.2, 0) is 0 Å². The molecular formula is C17H15ClN4O3. The van der Waals surface area contributed by atoms with Crippen molar-refractivity contribution in [3.8, 4) is 5.88 Å². The van der Waals surface area contributed by atoms with Gasteiger partial charge in [0.05, 0.1) is 22.3 Å². The second-order valence-electron chi connectivity index (χ2n) is 6.11. The van der Waals surface area contributed by atoms with Gasteiger partial charge in [0, 0.05) is 19.1 Å². The highest BCUT2D eigenvalue weighted by atomic mass is 35.5. The highest BCUT2D eigenvalue weighted by Crippen LogP contribution is 2.35. The Morgan fingerprint density at radius 3 is 2.24 bits per heavy atom. The van der Waals surface area contributed by atoms with Gasteiger partial charge in [-0.15, -0.1) is 5.10 Å². The average Bonchev–Trinajstić information content (AvgIpc) is 2.87. The summed E-state index contributed by atoms with van der Waals surface area (Å²) in [6.07, 6.45) is 2.58. The maximum Gasteiger partial charge on any atom is 0.261 e. The number of imide groups is 1. The molecule has 2 amide bonds. The molecule has 0 saturated carbocycles. The third kappa shape index (κ3) is 2.51. The van der Waals surface area contributed by atoms with Gasteiger partial charge in [0.25, 0.3) is 17.7 Å². The zero-order valence-corrected chi connectivity index (χ0v) is 14.0. The molecule has 1 aromatic carbocycles. The average molecular weight is 359 g/mol. The first-order valence-electron chi connectivity index (χ1n) is 8.00. The molecule has 1 N–H and O–H groups in total. The monoisotopic (exact) mass is 358 g/mol. The number of piperidine rings is 1. The van der Waals surface area contributed by atoms with Crippen LogP contribution >= 0.6 is 11.6 Å². The van der Waals surface area contributed by atoms with Gasteiger partial charge in [0.1, 0.15) is 5.69 Å². The summed E-state index contributed by atoms with van der Waals surface area (Å²) in [7, 11) is 0. The van der Waals surface area contributed by atoms with Crippen molar-refractivity contribution in [3.63, 3.8) is 0 Å². The Kier molecular flexibility index (Phi) is 3.80. The predicted molar refractivity (Wildman–Crippen MR) is 90.9 cm³/mol. The van der Waals surface area contributed by atoms with Gasteiger partial charge in [-0.3, -0.25) is 14.5 Å². The first kappa shape index (κ1) is 15.8. The van der Waals surface area contributed by atoms with Crippen molar-refractivity contribution >= 4 is 29.1 Å². The van der Waals surface area contributed by atoms with Crippen LogP contribution < -0.4 is 4.90 Å². The topological polar surface area (TPSA) is 86.6 Å². The van der Waals surface area contributed by atoms with Gasteiger partial charge < -0.3 is 10.0 Å². The Bertz CT molecular complexity index is 809. The van der Waals surface area contributed by atoms with E-state index in [9.17, 15) is 14.7 Å². The first-order chi connectivity index (χ1) is 12.1. The summed E-state index contributed by atoms with van der Waals surface area (Å²) in [5.41, 5.74) is 1.38. The van der Waals surface area contributed by atoms with Gasteiger partial charge in [-0.05, 0) is 25.0 Å². The lowest BCUT2D eigenvalue weighted by Crippen LogP contribution is -2.47. The lowest BCUT2D eigenvalue weighted by atomic mass is 10.0. The fourth-order valence-corrected chi connectivity index (χ4v) is 3.78. The summed E-state index contributed by atoms with van der Waals surface area (Å²) in [6, 6.07) is 6.73. The molecule has 1 fully saturated rings. The van der Waals surface area contributed by atoms with Gasteiger partial charge >= 0.3 is 0 Å². The quantitative estimate of drug-likeness (QED) is 0.827. The standard InChI is InChI=1S/C17H15ClN4O3/c18-13-9-19-20-15(23)14(13)21-7-5-10(6-8-21)22-16(24)11-3-1-2-4-12(11)17(22)25/h1-4,9-10H,5-8H2,(H,20,23). The van der Waals surface area contributed by atoms with E-state index in [0.29, 0.717) is 47.8 Å². The molecule has 1 aromatic heterocycles. The first-order valence-corrected chi connectivity index (χ1v) is 8.37. The highest BCUT2D eigenvalue weighted by molar-refractivity contribution is 6.33. The number of fused-ring (bicyclic) bond motifs is 1. The number of benzene rings is 1. The number of carbonyl (C=O) groups is 2. The molecule has 4 rings (SSSR count). The lowest BCUT2D eigenvalue weighted by molar-refractivity contribution is 0.0561. The largest absolute Gasteiger partial charge is 0.491 e. The minimum atomic E-state index is -0.231. The molecular weight excluding hydrogens is 344 g/mol. The molecule has 128 valence electrons. The summed E-state index contributed by atoms with van der Waals surface area (Å²) in [6.45, 7) is 1.11. The molecule has 0 aliphatic carbocycles. The third-order valence-electron chi connectivity index (χ3n) is 4.73. The van der Waals surface area contributed by atoms with E-state index in [2.05, 4.69) is 10.2 Å². The predicted octanol–water partition coefficient (Wildman–Crippen LogP) is 2.10. The maximum atomic E-state index is 12.6. The lowest BCUT2D eigenvalue weighted by Gasteiger charge is -2.37. The van der Waals surface area contributed by atoms with Gasteiger partial charge in [-0.25, -0.2) is 0 Å². The fourth-order valence-electron chi connectivity index (χ4n) is 3.53. The number of aromatic nitrogens is 2. The Morgan fingerprint density at radius 1 is 1.08 bits per heavy atom. The van der Waals surface area contributed by atoms with Crippen LogP contribution in [0.1, 0.15) is 33.6 Å². The summed E-state index contributed by atoms with van der Waals surface area (Å²) in [4.78, 5) is 28.4. The van der Waals surface area contributed by atoms with Crippen molar-refractivity contribution in [1.82, 2.24) is 15.1 Å². The molecule has 0 spiro atoms. The molecule has 0 bridgehead atoms. The van der Waals surface area contributed by atoms with Gasteiger partial charge in [0.2, 0.25) is 0 Å². The molecule has 0 atom stereocenters. The van der Waals surface area contributed by atoms with Gasteiger partial charge in [-0.1, -0.05) is 23.7 Å². The third-order valence-corrected chi connectivity index (χ3v) is 5.01. The molecule has 25 heavy (non-hydrogen) atoms. The van der Waals surface area contributed by atoms with E-state index in [4.69, 9.17) is 11.6 Å². The summed E-state index contributed by atoms with van der Waals surface area (Å²) in [5.74, 6) is -0.678. The van der Waals surface area contributed by atoms with Gasteiger partial charge in [0.15, 0.2) is 0 Å². The number of hydrogen-bond acceptors (Lipinski definition) is 6.